The van der Waals surface area contributed by atoms with Crippen molar-refractivity contribution in [3.63, 3.8) is 0 Å². The van der Waals surface area contributed by atoms with Crippen LogP contribution in [0.1, 0.15) is 0 Å². The van der Waals surface area contributed by atoms with Crippen LogP contribution >= 0.6 is 45.1 Å². The maximum atomic E-state index is 4.04. The lowest BCUT2D eigenvalue weighted by atomic mass is 10.8. The Morgan fingerprint density at radius 3 is 2.67 bits per heavy atom. The minimum absolute atomic E-state index is 0.889. The second-order valence-corrected chi connectivity index (χ2v) is 3.41. The molecule has 0 bridgehead atoms. The summed E-state index contributed by atoms with van der Waals surface area (Å²) in [5, 5.41) is 4.93. The van der Waals surface area contributed by atoms with E-state index >= 15 is 0 Å². The van der Waals surface area contributed by atoms with E-state index in [9.17, 15) is 0 Å². The third kappa shape index (κ3) is 2.03. The zero-order valence-electron chi connectivity index (χ0n) is 4.26. The van der Waals surface area contributed by atoms with E-state index in [1.54, 1.807) is 4.09 Å². The highest BCUT2D eigenvalue weighted by atomic mass is 33.1. The highest BCUT2D eigenvalue weighted by molar-refractivity contribution is 8.68. The Morgan fingerprint density at radius 1 is 1.56 bits per heavy atom. The van der Waals surface area contributed by atoms with Gasteiger partial charge in [0.25, 0.3) is 0 Å². The van der Waals surface area contributed by atoms with Crippen molar-refractivity contribution in [2.45, 2.75) is 5.03 Å². The molecule has 0 spiro atoms. The molecule has 0 aliphatic carbocycles. The first-order valence-electron chi connectivity index (χ1n) is 2.06. The number of hydrogen-bond acceptors (Lipinski definition) is 5. The molecule has 1 heterocycles. The number of hydrogen-bond donors (Lipinski definition) is 2. The first kappa shape index (κ1) is 7.71. The number of rotatable bonds is 2. The summed E-state index contributed by atoms with van der Waals surface area (Å²) in [6, 6.07) is 1.88. The fraction of sp³-hybridized carbons (Fsp3) is 0. The van der Waals surface area contributed by atoms with Crippen LogP contribution in [0.3, 0.4) is 0 Å². The molecular formula is C3H4N2S4. The Labute approximate surface area is 71.5 Å². The highest BCUT2D eigenvalue weighted by Gasteiger charge is 1.93. The van der Waals surface area contributed by atoms with Crippen LogP contribution in [0.5, 0.6) is 0 Å². The molecule has 1 aromatic heterocycles. The van der Waals surface area contributed by atoms with Crippen LogP contribution in [-0.2, 0) is 0 Å². The van der Waals surface area contributed by atoms with E-state index in [4.69, 9.17) is 0 Å². The summed E-state index contributed by atoms with van der Waals surface area (Å²) in [4.78, 5) is 0. The molecule has 1 rings (SSSR count). The lowest BCUT2D eigenvalue weighted by Crippen LogP contribution is -1.80. The van der Waals surface area contributed by atoms with Crippen molar-refractivity contribution in [1.82, 2.24) is 9.19 Å². The minimum Gasteiger partial charge on any atom is -0.202 e. The summed E-state index contributed by atoms with van der Waals surface area (Å²) >= 11 is 7.91. The van der Waals surface area contributed by atoms with E-state index < -0.39 is 0 Å². The maximum Gasteiger partial charge on any atom is 0.129 e. The van der Waals surface area contributed by atoms with Gasteiger partial charge in [0.15, 0.2) is 0 Å². The fourth-order valence-electron chi connectivity index (χ4n) is 0.385. The van der Waals surface area contributed by atoms with Crippen molar-refractivity contribution >= 4 is 45.1 Å². The van der Waals surface area contributed by atoms with Gasteiger partial charge in [-0.15, -0.1) is 11.7 Å². The van der Waals surface area contributed by atoms with E-state index in [1.165, 1.54) is 21.8 Å². The van der Waals surface area contributed by atoms with Crippen LogP contribution in [0.4, 0.5) is 0 Å². The topological polar surface area (TPSA) is 17.8 Å². The molecule has 2 nitrogen and oxygen atoms in total. The van der Waals surface area contributed by atoms with Crippen molar-refractivity contribution in [2.75, 3.05) is 0 Å². The second kappa shape index (κ2) is 3.70. The summed E-state index contributed by atoms with van der Waals surface area (Å²) in [5.74, 6) is 0. The highest BCUT2D eigenvalue weighted by Crippen LogP contribution is 2.20. The van der Waals surface area contributed by atoms with Crippen LogP contribution in [0.15, 0.2) is 17.3 Å². The molecule has 0 aromatic carbocycles. The van der Waals surface area contributed by atoms with Crippen LogP contribution in [0.2, 0.25) is 0 Å². The van der Waals surface area contributed by atoms with E-state index in [1.807, 2.05) is 12.3 Å². The predicted molar refractivity (Wildman–Crippen MR) is 49.0 cm³/mol. The Bertz CT molecular complexity index is 167. The molecule has 0 radical (unpaired) electrons. The lowest BCUT2D eigenvalue weighted by Gasteiger charge is -1.87. The largest absolute Gasteiger partial charge is 0.202 e. The summed E-state index contributed by atoms with van der Waals surface area (Å²) in [6.45, 7) is 0. The molecule has 0 unspecified atom stereocenters. The van der Waals surface area contributed by atoms with Gasteiger partial charge in [0.1, 0.15) is 5.03 Å². The standard InChI is InChI=1S/C3H4N2S4/c6-8-3-1-2-5(4-3)9-7/h1-2,6-7H. The van der Waals surface area contributed by atoms with Crippen molar-refractivity contribution in [3.8, 4) is 0 Å². The molecule has 50 valence electrons. The van der Waals surface area contributed by atoms with Gasteiger partial charge >= 0.3 is 0 Å². The van der Waals surface area contributed by atoms with E-state index in [2.05, 4.69) is 28.4 Å². The Kier molecular flexibility index (Phi) is 3.17. The predicted octanol–water partition coefficient (Wildman–Crippen LogP) is 2.16. The zero-order chi connectivity index (χ0) is 6.69. The van der Waals surface area contributed by atoms with Crippen molar-refractivity contribution in [3.05, 3.63) is 12.3 Å². The van der Waals surface area contributed by atoms with Gasteiger partial charge in [-0.2, -0.15) is 5.10 Å². The number of thiol groups is 2. The molecule has 0 amide bonds. The smallest absolute Gasteiger partial charge is 0.129 e. The van der Waals surface area contributed by atoms with Crippen molar-refractivity contribution < 1.29 is 0 Å². The van der Waals surface area contributed by atoms with Crippen LogP contribution < -0.4 is 0 Å². The molecule has 0 N–H and O–H groups in total. The average Bonchev–Trinajstić information content (AvgIpc) is 2.34. The summed E-state index contributed by atoms with van der Waals surface area (Å²) < 4.78 is 1.65. The summed E-state index contributed by atoms with van der Waals surface area (Å²) in [5.41, 5.74) is 0. The third-order valence-electron chi connectivity index (χ3n) is 0.719. The summed E-state index contributed by atoms with van der Waals surface area (Å²) in [6.07, 6.45) is 1.83. The van der Waals surface area contributed by atoms with Gasteiger partial charge in [0.05, 0.1) is 0 Å². The Morgan fingerprint density at radius 2 is 2.33 bits per heavy atom. The third-order valence-corrected chi connectivity index (χ3v) is 2.56. The van der Waals surface area contributed by atoms with Crippen LogP contribution in [-0.4, -0.2) is 9.19 Å². The van der Waals surface area contributed by atoms with E-state index in [-0.39, 0.29) is 0 Å². The fourth-order valence-corrected chi connectivity index (χ4v) is 1.49. The molecule has 0 saturated heterocycles. The van der Waals surface area contributed by atoms with Gasteiger partial charge in [0, 0.05) is 17.2 Å². The molecule has 0 saturated carbocycles. The minimum atomic E-state index is 0.889. The first-order valence-corrected chi connectivity index (χ1v) is 5.75. The van der Waals surface area contributed by atoms with Crippen molar-refractivity contribution in [1.29, 1.82) is 0 Å². The van der Waals surface area contributed by atoms with Gasteiger partial charge in [-0.05, 0) is 16.9 Å². The average molecular weight is 196 g/mol. The monoisotopic (exact) mass is 196 g/mol. The SMILES string of the molecule is SSc1ccn(SS)n1. The Hall–Kier alpha value is 0.610. The van der Waals surface area contributed by atoms with Gasteiger partial charge in [-0.25, -0.2) is 4.09 Å². The molecule has 9 heavy (non-hydrogen) atoms. The lowest BCUT2D eigenvalue weighted by molar-refractivity contribution is 0.951. The van der Waals surface area contributed by atoms with Crippen LogP contribution in [0, 0.1) is 0 Å². The zero-order valence-corrected chi connectivity index (χ0v) is 7.68. The normalized spacial score (nSPS) is 10.0. The molecule has 0 fully saturated rings. The molecule has 0 aliphatic heterocycles. The van der Waals surface area contributed by atoms with Gasteiger partial charge in [0.2, 0.25) is 0 Å². The molecular weight excluding hydrogens is 192 g/mol. The van der Waals surface area contributed by atoms with Gasteiger partial charge in [-0.1, -0.05) is 11.7 Å². The van der Waals surface area contributed by atoms with Gasteiger partial charge < -0.3 is 0 Å². The quantitative estimate of drug-likeness (QED) is 0.558. The van der Waals surface area contributed by atoms with Crippen LogP contribution in [0.25, 0.3) is 0 Å². The first-order chi connectivity index (χ1) is 4.36. The maximum absolute atomic E-state index is 4.04. The summed E-state index contributed by atoms with van der Waals surface area (Å²) in [7, 11) is 2.58. The van der Waals surface area contributed by atoms with E-state index in [0.29, 0.717) is 0 Å². The van der Waals surface area contributed by atoms with E-state index in [0.717, 1.165) is 5.03 Å². The second-order valence-electron chi connectivity index (χ2n) is 1.23. The molecule has 0 aliphatic rings. The molecule has 6 heteroatoms. The van der Waals surface area contributed by atoms with Crippen molar-refractivity contribution in [2.24, 2.45) is 0 Å². The molecule has 0 atom stereocenters. The number of aromatic nitrogens is 2. The van der Waals surface area contributed by atoms with Gasteiger partial charge in [-0.3, -0.25) is 0 Å². The molecule has 1 aromatic rings. The Balaban J connectivity index is 2.74. The number of nitrogens with zero attached hydrogens (tertiary/aromatic N) is 2.